The zero-order valence-corrected chi connectivity index (χ0v) is 17.5. The van der Waals surface area contributed by atoms with Crippen molar-refractivity contribution in [2.75, 3.05) is 57.3 Å². The lowest BCUT2D eigenvalue weighted by atomic mass is 10.1. The van der Waals surface area contributed by atoms with Gasteiger partial charge in [-0.25, -0.2) is 15.0 Å². The number of hydrogen-bond acceptors (Lipinski definition) is 6. The van der Waals surface area contributed by atoms with Gasteiger partial charge in [0.25, 0.3) is 0 Å². The molecule has 0 spiro atoms. The minimum absolute atomic E-state index is 0.0797. The molecular formula is C19H34N8O. The summed E-state index contributed by atoms with van der Waals surface area (Å²) in [6, 6.07) is 1.83. The molecule has 0 aliphatic carbocycles. The summed E-state index contributed by atoms with van der Waals surface area (Å²) in [5.74, 6) is 1.39. The fourth-order valence-electron chi connectivity index (χ4n) is 2.91. The van der Waals surface area contributed by atoms with Crippen LogP contribution < -0.4 is 20.9 Å². The number of carbonyl (C=O) groups is 1. The number of amides is 1. The maximum absolute atomic E-state index is 11.9. The predicted molar refractivity (Wildman–Crippen MR) is 113 cm³/mol. The highest BCUT2D eigenvalue weighted by molar-refractivity contribution is 5.85. The first-order chi connectivity index (χ1) is 13.4. The smallest absolute Gasteiger partial charge is 0.242 e. The third-order valence-corrected chi connectivity index (χ3v) is 4.17. The Morgan fingerprint density at radius 3 is 2.43 bits per heavy atom. The fourth-order valence-corrected chi connectivity index (χ4v) is 2.91. The summed E-state index contributed by atoms with van der Waals surface area (Å²) in [6.07, 6.45) is 3.56. The van der Waals surface area contributed by atoms with Crippen molar-refractivity contribution in [1.82, 2.24) is 30.8 Å². The molecule has 9 nitrogen and oxygen atoms in total. The van der Waals surface area contributed by atoms with Gasteiger partial charge in [-0.05, 0) is 33.8 Å². The van der Waals surface area contributed by atoms with Crippen molar-refractivity contribution in [3.05, 3.63) is 18.5 Å². The van der Waals surface area contributed by atoms with Gasteiger partial charge in [0.2, 0.25) is 11.9 Å². The molecule has 2 heterocycles. The first-order valence-corrected chi connectivity index (χ1v) is 9.95. The number of aromatic nitrogens is 2. The molecule has 0 unspecified atom stereocenters. The largest absolute Gasteiger partial charge is 0.357 e. The van der Waals surface area contributed by atoms with Crippen LogP contribution >= 0.6 is 0 Å². The molecule has 156 valence electrons. The summed E-state index contributed by atoms with van der Waals surface area (Å²) in [5, 5.41) is 9.41. The van der Waals surface area contributed by atoms with Crippen LogP contribution in [0, 0.1) is 0 Å². The highest BCUT2D eigenvalue weighted by Gasteiger charge is 2.18. The number of piperazine rings is 1. The summed E-state index contributed by atoms with van der Waals surface area (Å²) in [4.78, 5) is 29.6. The second-order valence-electron chi connectivity index (χ2n) is 7.80. The minimum atomic E-state index is -0.245. The predicted octanol–water partition coefficient (Wildman–Crippen LogP) is 0.0684. The van der Waals surface area contributed by atoms with Gasteiger partial charge >= 0.3 is 0 Å². The molecule has 0 radical (unpaired) electrons. The molecule has 0 atom stereocenters. The third-order valence-electron chi connectivity index (χ3n) is 4.17. The van der Waals surface area contributed by atoms with E-state index in [0.29, 0.717) is 5.96 Å². The van der Waals surface area contributed by atoms with Gasteiger partial charge in [0.1, 0.15) is 6.54 Å². The molecule has 9 heteroatoms. The SMILES string of the molecule is CCNC(=NCC(=O)NC(C)(C)C)NCCN1CCN(c2ncccn2)CC1. The molecule has 1 saturated heterocycles. The van der Waals surface area contributed by atoms with E-state index in [1.807, 2.05) is 33.8 Å². The van der Waals surface area contributed by atoms with E-state index in [1.54, 1.807) is 12.4 Å². The van der Waals surface area contributed by atoms with Crippen molar-refractivity contribution < 1.29 is 4.79 Å². The van der Waals surface area contributed by atoms with Crippen LogP contribution in [0.25, 0.3) is 0 Å². The Hall–Kier alpha value is -2.42. The van der Waals surface area contributed by atoms with Crippen LogP contribution in [0.4, 0.5) is 5.95 Å². The van der Waals surface area contributed by atoms with E-state index in [9.17, 15) is 4.79 Å². The van der Waals surface area contributed by atoms with Gasteiger partial charge < -0.3 is 20.9 Å². The van der Waals surface area contributed by atoms with Crippen LogP contribution in [-0.4, -0.2) is 84.6 Å². The number of rotatable bonds is 7. The van der Waals surface area contributed by atoms with Gasteiger partial charge in [0.15, 0.2) is 5.96 Å². The Morgan fingerprint density at radius 1 is 1.14 bits per heavy atom. The van der Waals surface area contributed by atoms with E-state index in [4.69, 9.17) is 0 Å². The lowest BCUT2D eigenvalue weighted by molar-refractivity contribution is -0.121. The Kier molecular flexibility index (Phi) is 8.43. The lowest BCUT2D eigenvalue weighted by Gasteiger charge is -2.34. The van der Waals surface area contributed by atoms with E-state index in [0.717, 1.165) is 51.8 Å². The van der Waals surface area contributed by atoms with Crippen LogP contribution in [0.15, 0.2) is 23.5 Å². The topological polar surface area (TPSA) is 97.8 Å². The molecule has 2 rings (SSSR count). The van der Waals surface area contributed by atoms with Crippen molar-refractivity contribution in [2.24, 2.45) is 4.99 Å². The van der Waals surface area contributed by atoms with Gasteiger partial charge in [0, 0.05) is 63.7 Å². The van der Waals surface area contributed by atoms with Crippen molar-refractivity contribution in [2.45, 2.75) is 33.2 Å². The van der Waals surface area contributed by atoms with Gasteiger partial charge in [-0.2, -0.15) is 0 Å². The molecule has 1 fully saturated rings. The standard InChI is InChI=1S/C19H34N8O/c1-5-20-17(24-15-16(28)25-19(2,3)4)21-9-10-26-11-13-27(14-12-26)18-22-7-6-8-23-18/h6-8H,5,9-15H2,1-4H3,(H,25,28)(H2,20,21,24). The maximum atomic E-state index is 11.9. The number of guanidine groups is 1. The van der Waals surface area contributed by atoms with E-state index in [2.05, 4.69) is 40.7 Å². The number of aliphatic imine (C=N–C) groups is 1. The summed E-state index contributed by atoms with van der Waals surface area (Å²) < 4.78 is 0. The molecule has 28 heavy (non-hydrogen) atoms. The number of anilines is 1. The molecule has 0 saturated carbocycles. The van der Waals surface area contributed by atoms with E-state index in [-0.39, 0.29) is 18.0 Å². The molecular weight excluding hydrogens is 356 g/mol. The van der Waals surface area contributed by atoms with Crippen molar-refractivity contribution in [3.8, 4) is 0 Å². The molecule has 3 N–H and O–H groups in total. The average Bonchev–Trinajstić information content (AvgIpc) is 2.66. The minimum Gasteiger partial charge on any atom is -0.357 e. The van der Waals surface area contributed by atoms with Crippen LogP contribution in [0.2, 0.25) is 0 Å². The lowest BCUT2D eigenvalue weighted by Crippen LogP contribution is -2.50. The summed E-state index contributed by atoms with van der Waals surface area (Å²) >= 11 is 0. The Labute approximate surface area is 168 Å². The highest BCUT2D eigenvalue weighted by Crippen LogP contribution is 2.09. The molecule has 1 aromatic heterocycles. The van der Waals surface area contributed by atoms with Gasteiger partial charge in [-0.3, -0.25) is 9.69 Å². The van der Waals surface area contributed by atoms with E-state index >= 15 is 0 Å². The molecule has 1 aliphatic heterocycles. The van der Waals surface area contributed by atoms with Crippen LogP contribution in [0.1, 0.15) is 27.7 Å². The molecule has 1 aromatic rings. The highest BCUT2D eigenvalue weighted by atomic mass is 16.2. The van der Waals surface area contributed by atoms with Gasteiger partial charge in [-0.15, -0.1) is 0 Å². The average molecular weight is 391 g/mol. The first-order valence-electron chi connectivity index (χ1n) is 9.95. The summed E-state index contributed by atoms with van der Waals surface area (Å²) in [7, 11) is 0. The number of nitrogens with one attached hydrogen (secondary N) is 3. The van der Waals surface area contributed by atoms with Gasteiger partial charge in [-0.1, -0.05) is 0 Å². The third kappa shape index (κ3) is 8.08. The normalized spacial score (nSPS) is 16.0. The summed E-state index contributed by atoms with van der Waals surface area (Å²) in [6.45, 7) is 14.2. The molecule has 0 bridgehead atoms. The van der Waals surface area contributed by atoms with Crippen molar-refractivity contribution >= 4 is 17.8 Å². The maximum Gasteiger partial charge on any atom is 0.242 e. The molecule has 1 amide bonds. The second-order valence-corrected chi connectivity index (χ2v) is 7.80. The van der Waals surface area contributed by atoms with Crippen molar-refractivity contribution in [1.29, 1.82) is 0 Å². The Balaban J connectivity index is 1.71. The number of nitrogens with zero attached hydrogens (tertiary/aromatic N) is 5. The Bertz CT molecular complexity index is 621. The van der Waals surface area contributed by atoms with Crippen LogP contribution in [0.3, 0.4) is 0 Å². The molecule has 1 aliphatic rings. The fraction of sp³-hybridized carbons (Fsp3) is 0.684. The van der Waals surface area contributed by atoms with Crippen molar-refractivity contribution in [3.63, 3.8) is 0 Å². The monoisotopic (exact) mass is 390 g/mol. The van der Waals surface area contributed by atoms with Crippen LogP contribution in [-0.2, 0) is 4.79 Å². The molecule has 0 aromatic carbocycles. The van der Waals surface area contributed by atoms with Gasteiger partial charge in [0.05, 0.1) is 0 Å². The number of carbonyl (C=O) groups excluding carboxylic acids is 1. The first kappa shape index (κ1) is 21.9. The number of hydrogen-bond donors (Lipinski definition) is 3. The van der Waals surface area contributed by atoms with Crippen LogP contribution in [0.5, 0.6) is 0 Å². The summed E-state index contributed by atoms with van der Waals surface area (Å²) in [5.41, 5.74) is -0.245. The second kappa shape index (κ2) is 10.8. The zero-order valence-electron chi connectivity index (χ0n) is 17.5. The van der Waals surface area contributed by atoms with E-state index in [1.165, 1.54) is 0 Å². The zero-order chi connectivity index (χ0) is 20.4. The Morgan fingerprint density at radius 2 is 1.82 bits per heavy atom. The van der Waals surface area contributed by atoms with E-state index < -0.39 is 0 Å². The quantitative estimate of drug-likeness (QED) is 0.448.